The van der Waals surface area contributed by atoms with Crippen molar-refractivity contribution in [3.63, 3.8) is 0 Å². The number of aromatic nitrogens is 2. The molecule has 0 unspecified atom stereocenters. The van der Waals surface area contributed by atoms with Gasteiger partial charge in [0.05, 0.1) is 11.7 Å². The van der Waals surface area contributed by atoms with Crippen LogP contribution in [-0.2, 0) is 5.54 Å². The summed E-state index contributed by atoms with van der Waals surface area (Å²) in [7, 11) is 0. The molecule has 0 bridgehead atoms. The number of carboxylic acid groups (broad SMARTS) is 1. The summed E-state index contributed by atoms with van der Waals surface area (Å²) in [5, 5.41) is 21.9. The van der Waals surface area contributed by atoms with Gasteiger partial charge in [-0.05, 0) is 20.3 Å². The Labute approximate surface area is 94.3 Å². The van der Waals surface area contributed by atoms with E-state index in [9.17, 15) is 4.79 Å². The maximum Gasteiger partial charge on any atom is 0.340 e. The minimum atomic E-state index is -1.12. The van der Waals surface area contributed by atoms with Gasteiger partial charge in [0.25, 0.3) is 0 Å². The first-order valence-corrected chi connectivity index (χ1v) is 5.16. The average molecular weight is 221 g/mol. The third-order valence-electron chi connectivity index (χ3n) is 2.54. The van der Waals surface area contributed by atoms with Crippen molar-refractivity contribution in [3.05, 3.63) is 17.5 Å². The van der Waals surface area contributed by atoms with E-state index in [0.717, 1.165) is 12.8 Å². The summed E-state index contributed by atoms with van der Waals surface area (Å²) in [6, 6.07) is 1.91. The fourth-order valence-corrected chi connectivity index (χ4v) is 1.79. The molecule has 0 saturated heterocycles. The molecule has 1 aromatic heterocycles. The van der Waals surface area contributed by atoms with E-state index >= 15 is 0 Å². The predicted molar refractivity (Wildman–Crippen MR) is 58.1 cm³/mol. The first-order valence-electron chi connectivity index (χ1n) is 5.16. The maximum atomic E-state index is 10.9. The minimum absolute atomic E-state index is 0.0355. The summed E-state index contributed by atoms with van der Waals surface area (Å²) < 4.78 is 1.50. The van der Waals surface area contributed by atoms with Crippen LogP contribution < -0.4 is 0 Å². The second kappa shape index (κ2) is 4.35. The van der Waals surface area contributed by atoms with Gasteiger partial charge in [0, 0.05) is 0 Å². The quantitative estimate of drug-likeness (QED) is 0.843. The lowest BCUT2D eigenvalue weighted by Gasteiger charge is -2.25. The first kappa shape index (κ1) is 12.2. The van der Waals surface area contributed by atoms with Crippen molar-refractivity contribution < 1.29 is 9.90 Å². The van der Waals surface area contributed by atoms with Gasteiger partial charge in [-0.2, -0.15) is 10.4 Å². The Morgan fingerprint density at radius 3 is 2.75 bits per heavy atom. The van der Waals surface area contributed by atoms with Crippen LogP contribution in [0, 0.1) is 11.3 Å². The molecule has 1 rings (SSSR count). The highest BCUT2D eigenvalue weighted by atomic mass is 16.4. The molecule has 86 valence electrons. The second-order valence-corrected chi connectivity index (χ2v) is 4.30. The Hall–Kier alpha value is -1.83. The van der Waals surface area contributed by atoms with E-state index in [1.165, 1.54) is 10.9 Å². The molecule has 0 aliphatic rings. The third-order valence-corrected chi connectivity index (χ3v) is 2.54. The molecule has 5 nitrogen and oxygen atoms in total. The zero-order valence-electron chi connectivity index (χ0n) is 9.69. The summed E-state index contributed by atoms with van der Waals surface area (Å²) in [6.45, 7) is 5.92. The summed E-state index contributed by atoms with van der Waals surface area (Å²) in [4.78, 5) is 10.9. The van der Waals surface area contributed by atoms with Crippen LogP contribution in [0.4, 0.5) is 0 Å². The van der Waals surface area contributed by atoms with Gasteiger partial charge in [0.2, 0.25) is 0 Å². The molecular weight excluding hydrogens is 206 g/mol. The van der Waals surface area contributed by atoms with Gasteiger partial charge in [-0.3, -0.25) is 0 Å². The van der Waals surface area contributed by atoms with E-state index in [1.54, 1.807) is 0 Å². The standard InChI is InChI=1S/C11H15N3O2/c1-4-5-11(2,3)14-9(6-12)8(7-13-14)10(15)16/h7H,4-5H2,1-3H3,(H,15,16). The van der Waals surface area contributed by atoms with Crippen molar-refractivity contribution in [1.82, 2.24) is 9.78 Å². The van der Waals surface area contributed by atoms with E-state index in [2.05, 4.69) is 5.10 Å². The maximum absolute atomic E-state index is 10.9. The smallest absolute Gasteiger partial charge is 0.340 e. The molecule has 0 aliphatic heterocycles. The molecule has 0 aliphatic carbocycles. The minimum Gasteiger partial charge on any atom is -0.478 e. The topological polar surface area (TPSA) is 78.9 Å². The van der Waals surface area contributed by atoms with Gasteiger partial charge in [-0.15, -0.1) is 0 Å². The molecule has 0 fully saturated rings. The van der Waals surface area contributed by atoms with Crippen molar-refractivity contribution in [2.75, 3.05) is 0 Å². The lowest BCUT2D eigenvalue weighted by molar-refractivity contribution is 0.0696. The van der Waals surface area contributed by atoms with Gasteiger partial charge >= 0.3 is 5.97 Å². The lowest BCUT2D eigenvalue weighted by atomic mass is 9.99. The number of nitriles is 1. The number of nitrogens with zero attached hydrogens (tertiary/aromatic N) is 3. The largest absolute Gasteiger partial charge is 0.478 e. The average Bonchev–Trinajstić information content (AvgIpc) is 2.61. The van der Waals surface area contributed by atoms with Crippen molar-refractivity contribution in [2.45, 2.75) is 39.2 Å². The van der Waals surface area contributed by atoms with E-state index in [-0.39, 0.29) is 16.8 Å². The summed E-state index contributed by atoms with van der Waals surface area (Å²) in [5.74, 6) is -1.12. The van der Waals surface area contributed by atoms with Gasteiger partial charge in [-0.1, -0.05) is 13.3 Å². The van der Waals surface area contributed by atoms with Crippen LogP contribution in [0.25, 0.3) is 0 Å². The van der Waals surface area contributed by atoms with Gasteiger partial charge in [-0.25, -0.2) is 9.48 Å². The predicted octanol–water partition coefficient (Wildman–Crippen LogP) is 1.99. The van der Waals surface area contributed by atoms with Crippen LogP contribution in [0.2, 0.25) is 0 Å². The van der Waals surface area contributed by atoms with Crippen LogP contribution in [0.5, 0.6) is 0 Å². The summed E-state index contributed by atoms with van der Waals surface area (Å²) in [5.41, 5.74) is -0.259. The molecule has 0 aromatic carbocycles. The molecule has 1 aromatic rings. The number of carbonyl (C=O) groups is 1. The van der Waals surface area contributed by atoms with Crippen molar-refractivity contribution in [1.29, 1.82) is 5.26 Å². The zero-order valence-corrected chi connectivity index (χ0v) is 9.69. The molecule has 1 N–H and O–H groups in total. The van der Waals surface area contributed by atoms with E-state index < -0.39 is 5.97 Å². The molecular formula is C11H15N3O2. The van der Waals surface area contributed by atoms with E-state index in [0.29, 0.717) is 0 Å². The van der Waals surface area contributed by atoms with Crippen molar-refractivity contribution in [2.24, 2.45) is 0 Å². The number of aromatic carboxylic acids is 1. The molecule has 0 saturated carbocycles. The highest BCUT2D eigenvalue weighted by Gasteiger charge is 2.26. The van der Waals surface area contributed by atoms with Gasteiger partial charge in [0.15, 0.2) is 5.69 Å². The van der Waals surface area contributed by atoms with Crippen LogP contribution in [0.1, 0.15) is 49.7 Å². The Morgan fingerprint density at radius 2 is 2.31 bits per heavy atom. The van der Waals surface area contributed by atoms with E-state index in [4.69, 9.17) is 10.4 Å². The zero-order chi connectivity index (χ0) is 12.3. The van der Waals surface area contributed by atoms with Crippen LogP contribution in [-0.4, -0.2) is 20.9 Å². The molecule has 5 heteroatoms. The number of hydrogen-bond donors (Lipinski definition) is 1. The number of rotatable bonds is 4. The fraction of sp³-hybridized carbons (Fsp3) is 0.545. The monoisotopic (exact) mass is 221 g/mol. The number of hydrogen-bond acceptors (Lipinski definition) is 3. The third kappa shape index (κ3) is 2.06. The van der Waals surface area contributed by atoms with E-state index in [1.807, 2.05) is 26.8 Å². The molecule has 0 amide bonds. The van der Waals surface area contributed by atoms with Crippen LogP contribution in [0.15, 0.2) is 6.20 Å². The summed E-state index contributed by atoms with van der Waals surface area (Å²) >= 11 is 0. The number of carboxylic acids is 1. The van der Waals surface area contributed by atoms with Crippen molar-refractivity contribution >= 4 is 5.97 Å². The Morgan fingerprint density at radius 1 is 1.69 bits per heavy atom. The molecule has 0 spiro atoms. The lowest BCUT2D eigenvalue weighted by Crippen LogP contribution is -2.28. The van der Waals surface area contributed by atoms with Crippen molar-refractivity contribution in [3.8, 4) is 6.07 Å². The second-order valence-electron chi connectivity index (χ2n) is 4.30. The van der Waals surface area contributed by atoms with Gasteiger partial charge in [0.1, 0.15) is 11.6 Å². The fourth-order valence-electron chi connectivity index (χ4n) is 1.79. The molecule has 16 heavy (non-hydrogen) atoms. The Kier molecular flexibility index (Phi) is 3.33. The first-order chi connectivity index (χ1) is 7.44. The Bertz CT molecular complexity index is 441. The highest BCUT2D eigenvalue weighted by Crippen LogP contribution is 2.24. The molecule has 0 atom stereocenters. The normalized spacial score (nSPS) is 11.1. The van der Waals surface area contributed by atoms with Crippen LogP contribution >= 0.6 is 0 Å². The SMILES string of the molecule is CCCC(C)(C)n1ncc(C(=O)O)c1C#N. The molecule has 1 heterocycles. The van der Waals surface area contributed by atoms with Crippen LogP contribution in [0.3, 0.4) is 0 Å². The van der Waals surface area contributed by atoms with Gasteiger partial charge < -0.3 is 5.11 Å². The summed E-state index contributed by atoms with van der Waals surface area (Å²) in [6.07, 6.45) is 3.01. The Balaban J connectivity index is 3.26. The molecule has 0 radical (unpaired) electrons. The highest BCUT2D eigenvalue weighted by molar-refractivity contribution is 5.89.